The summed E-state index contributed by atoms with van der Waals surface area (Å²) in [5.74, 6) is 1.02. The van der Waals surface area contributed by atoms with Crippen LogP contribution in [0.1, 0.15) is 44.4 Å². The molecule has 1 aromatic carbocycles. The number of benzene rings is 1. The van der Waals surface area contributed by atoms with Crippen molar-refractivity contribution in [2.45, 2.75) is 53.1 Å². The molecular weight excluding hydrogens is 352 g/mol. The van der Waals surface area contributed by atoms with Gasteiger partial charge in [0.15, 0.2) is 0 Å². The first kappa shape index (κ1) is 20.5. The van der Waals surface area contributed by atoms with Crippen LogP contribution in [0.5, 0.6) is 0 Å². The Hall–Kier alpha value is -2.21. The summed E-state index contributed by atoms with van der Waals surface area (Å²) in [5.41, 5.74) is 3.19. The van der Waals surface area contributed by atoms with Crippen molar-refractivity contribution in [2.75, 3.05) is 31.1 Å². The molecule has 28 heavy (non-hydrogen) atoms. The fourth-order valence-electron chi connectivity index (χ4n) is 3.61. The number of aryl methyl sites for hydroxylation is 2. The lowest BCUT2D eigenvalue weighted by Crippen LogP contribution is -2.41. The summed E-state index contributed by atoms with van der Waals surface area (Å²) in [5, 5.41) is 4.15. The Labute approximate surface area is 167 Å². The van der Waals surface area contributed by atoms with Gasteiger partial charge >= 0.3 is 0 Å². The lowest BCUT2D eigenvalue weighted by atomic mass is 9.96. The second-order valence-corrected chi connectivity index (χ2v) is 7.96. The largest absolute Gasteiger partial charge is 0.379 e. The monoisotopic (exact) mass is 384 g/mol. The maximum absolute atomic E-state index is 12.4. The van der Waals surface area contributed by atoms with Crippen LogP contribution in [0.4, 0.5) is 5.95 Å². The van der Waals surface area contributed by atoms with Crippen molar-refractivity contribution in [1.82, 2.24) is 15.3 Å². The van der Waals surface area contributed by atoms with E-state index >= 15 is 0 Å². The molecular formula is C22H32N4O2. The Morgan fingerprint density at radius 3 is 2.71 bits per heavy atom. The summed E-state index contributed by atoms with van der Waals surface area (Å²) in [4.78, 5) is 24.1. The van der Waals surface area contributed by atoms with E-state index in [1.165, 1.54) is 5.56 Å². The van der Waals surface area contributed by atoms with Crippen LogP contribution in [0.3, 0.4) is 0 Å². The van der Waals surface area contributed by atoms with E-state index in [1.807, 2.05) is 20.8 Å². The smallest absolute Gasteiger partial charge is 0.226 e. The van der Waals surface area contributed by atoms with Gasteiger partial charge in [0.25, 0.3) is 0 Å². The minimum absolute atomic E-state index is 0.0751. The number of rotatable bonds is 7. The molecule has 1 aliphatic heterocycles. The van der Waals surface area contributed by atoms with E-state index in [2.05, 4.69) is 35.3 Å². The fraction of sp³-hybridized carbons (Fsp3) is 0.591. The number of aromatic nitrogens is 2. The van der Waals surface area contributed by atoms with Gasteiger partial charge in [-0.2, -0.15) is 0 Å². The number of nitrogens with zero attached hydrogens (tertiary/aromatic N) is 3. The van der Waals surface area contributed by atoms with Gasteiger partial charge in [-0.25, -0.2) is 9.97 Å². The third-order valence-corrected chi connectivity index (χ3v) is 5.25. The summed E-state index contributed by atoms with van der Waals surface area (Å²) in [7, 11) is 0. The number of anilines is 1. The zero-order chi connectivity index (χ0) is 20.1. The second kappa shape index (κ2) is 9.32. The standard InChI is InChI=1S/C22H32N4O2/c1-15(2)28-13-5-10-23-21(27)18-8-11-26(12-9-18)22-24-17(4)19-7-6-16(3)14-20(19)25-22/h6-7,14-15,18H,5,8-13H2,1-4H3,(H,23,27). The molecule has 1 aromatic heterocycles. The molecule has 0 aliphatic carbocycles. The van der Waals surface area contributed by atoms with Gasteiger partial charge in [0, 0.05) is 37.5 Å². The van der Waals surface area contributed by atoms with Gasteiger partial charge < -0.3 is 15.0 Å². The molecule has 1 saturated heterocycles. The van der Waals surface area contributed by atoms with Crippen molar-refractivity contribution in [3.63, 3.8) is 0 Å². The molecule has 6 nitrogen and oxygen atoms in total. The quantitative estimate of drug-likeness (QED) is 0.741. The zero-order valence-electron chi connectivity index (χ0n) is 17.5. The average Bonchev–Trinajstić information content (AvgIpc) is 2.67. The van der Waals surface area contributed by atoms with Crippen molar-refractivity contribution in [3.8, 4) is 0 Å². The van der Waals surface area contributed by atoms with Crippen molar-refractivity contribution >= 4 is 22.8 Å². The van der Waals surface area contributed by atoms with E-state index < -0.39 is 0 Å². The average molecular weight is 385 g/mol. The maximum Gasteiger partial charge on any atom is 0.226 e. The lowest BCUT2D eigenvalue weighted by Gasteiger charge is -2.31. The number of amides is 1. The van der Waals surface area contributed by atoms with E-state index in [4.69, 9.17) is 14.7 Å². The van der Waals surface area contributed by atoms with E-state index in [-0.39, 0.29) is 17.9 Å². The van der Waals surface area contributed by atoms with Crippen molar-refractivity contribution in [1.29, 1.82) is 0 Å². The Kier molecular flexibility index (Phi) is 6.83. The van der Waals surface area contributed by atoms with Gasteiger partial charge in [-0.15, -0.1) is 0 Å². The molecule has 0 bridgehead atoms. The number of fused-ring (bicyclic) bond motifs is 1. The fourth-order valence-corrected chi connectivity index (χ4v) is 3.61. The minimum Gasteiger partial charge on any atom is -0.379 e. The van der Waals surface area contributed by atoms with Crippen LogP contribution in [0.15, 0.2) is 18.2 Å². The number of nitrogens with one attached hydrogen (secondary N) is 1. The van der Waals surface area contributed by atoms with Gasteiger partial charge in [-0.3, -0.25) is 4.79 Å². The SMILES string of the molecule is Cc1ccc2c(C)nc(N3CCC(C(=O)NCCCOC(C)C)CC3)nc2c1. The van der Waals surface area contributed by atoms with Crippen LogP contribution >= 0.6 is 0 Å². The van der Waals surface area contributed by atoms with E-state index in [0.717, 1.165) is 54.9 Å². The van der Waals surface area contributed by atoms with Gasteiger partial charge in [0.2, 0.25) is 11.9 Å². The van der Waals surface area contributed by atoms with Gasteiger partial charge in [0.1, 0.15) is 0 Å². The molecule has 0 spiro atoms. The summed E-state index contributed by atoms with van der Waals surface area (Å²) in [6, 6.07) is 6.29. The topological polar surface area (TPSA) is 67.4 Å². The summed E-state index contributed by atoms with van der Waals surface area (Å²) < 4.78 is 5.51. The summed E-state index contributed by atoms with van der Waals surface area (Å²) >= 11 is 0. The zero-order valence-corrected chi connectivity index (χ0v) is 17.5. The molecule has 2 aromatic rings. The molecule has 0 saturated carbocycles. The lowest BCUT2D eigenvalue weighted by molar-refractivity contribution is -0.125. The molecule has 1 amide bonds. The van der Waals surface area contributed by atoms with E-state index in [0.29, 0.717) is 13.2 Å². The normalized spacial score (nSPS) is 15.4. The first-order valence-electron chi connectivity index (χ1n) is 10.3. The number of carbonyl (C=O) groups is 1. The summed E-state index contributed by atoms with van der Waals surface area (Å²) in [6.07, 6.45) is 2.77. The van der Waals surface area contributed by atoms with Crippen LogP contribution < -0.4 is 10.2 Å². The molecule has 1 N–H and O–H groups in total. The van der Waals surface area contributed by atoms with Gasteiger partial charge in [-0.05, 0) is 58.6 Å². The Morgan fingerprint density at radius 1 is 1.25 bits per heavy atom. The molecule has 0 atom stereocenters. The number of hydrogen-bond acceptors (Lipinski definition) is 5. The highest BCUT2D eigenvalue weighted by molar-refractivity contribution is 5.82. The van der Waals surface area contributed by atoms with Crippen LogP contribution in [-0.2, 0) is 9.53 Å². The Morgan fingerprint density at radius 2 is 2.00 bits per heavy atom. The molecule has 152 valence electrons. The van der Waals surface area contributed by atoms with E-state index in [9.17, 15) is 4.79 Å². The third kappa shape index (κ3) is 5.19. The van der Waals surface area contributed by atoms with Crippen molar-refractivity contribution in [2.24, 2.45) is 5.92 Å². The first-order chi connectivity index (χ1) is 13.4. The highest BCUT2D eigenvalue weighted by Gasteiger charge is 2.26. The van der Waals surface area contributed by atoms with Crippen LogP contribution in [-0.4, -0.2) is 48.2 Å². The molecule has 0 radical (unpaired) electrons. The third-order valence-electron chi connectivity index (χ3n) is 5.25. The predicted octanol–water partition coefficient (Wildman–Crippen LogP) is 3.39. The van der Waals surface area contributed by atoms with Crippen molar-refractivity contribution in [3.05, 3.63) is 29.5 Å². The number of carbonyl (C=O) groups excluding carboxylic acids is 1. The number of ether oxygens (including phenoxy) is 1. The maximum atomic E-state index is 12.4. The van der Waals surface area contributed by atoms with Crippen LogP contribution in [0.2, 0.25) is 0 Å². The molecule has 3 rings (SSSR count). The van der Waals surface area contributed by atoms with Gasteiger partial charge in [0.05, 0.1) is 17.3 Å². The number of piperidine rings is 1. The van der Waals surface area contributed by atoms with Crippen LogP contribution in [0, 0.1) is 19.8 Å². The second-order valence-electron chi connectivity index (χ2n) is 7.96. The first-order valence-corrected chi connectivity index (χ1v) is 10.3. The minimum atomic E-state index is 0.0751. The molecule has 0 unspecified atom stereocenters. The molecule has 6 heteroatoms. The van der Waals surface area contributed by atoms with Crippen molar-refractivity contribution < 1.29 is 9.53 Å². The van der Waals surface area contributed by atoms with E-state index in [1.54, 1.807) is 0 Å². The molecule has 1 fully saturated rings. The Bertz CT molecular complexity index is 814. The highest BCUT2D eigenvalue weighted by atomic mass is 16.5. The summed E-state index contributed by atoms with van der Waals surface area (Å²) in [6.45, 7) is 11.1. The number of hydrogen-bond donors (Lipinski definition) is 1. The van der Waals surface area contributed by atoms with Crippen LogP contribution in [0.25, 0.3) is 10.9 Å². The highest BCUT2D eigenvalue weighted by Crippen LogP contribution is 2.24. The molecule has 1 aliphatic rings. The molecule has 2 heterocycles. The predicted molar refractivity (Wildman–Crippen MR) is 113 cm³/mol. The Balaban J connectivity index is 1.52. The van der Waals surface area contributed by atoms with Gasteiger partial charge in [-0.1, -0.05) is 12.1 Å².